The second kappa shape index (κ2) is 14.2. The van der Waals surface area contributed by atoms with Crippen molar-refractivity contribution in [2.75, 3.05) is 4.90 Å². The van der Waals surface area contributed by atoms with Crippen molar-refractivity contribution in [1.82, 2.24) is 0 Å². The molecule has 1 nitrogen and oxygen atoms in total. The molecular formula is C52H29F6N. The lowest BCUT2D eigenvalue weighted by Crippen LogP contribution is -2.12. The summed E-state index contributed by atoms with van der Waals surface area (Å²) in [5.41, 5.74) is 3.28. The van der Waals surface area contributed by atoms with E-state index in [1.807, 2.05) is 121 Å². The van der Waals surface area contributed by atoms with Crippen LogP contribution in [0.5, 0.6) is 0 Å². The standard InChI is InChI=1S/C52H29F6N/c53-31-24-43(55)50(44(56)25-31)48-36-21-11-12-22-37(36)49(51-45(57)26-32(54)27-46(51)58)42-29-40-39(28-41(42)48)35-20-10-13-23-38(35)52(47(40)30-14-4-1-5-15-30)59(33-16-6-2-7-17-33)34-18-8-3-9-19-34/h1-29H. The Labute approximate surface area is 334 Å². The SMILES string of the molecule is Fc1cc(F)c(-c2c3ccccc3c(-c3c(F)cc(F)cc3F)c3cc4c(cc23)c(-c2ccccc2)c(N(c2ccccc2)c2ccccc2)c2ccccc24)c(F)c1. The zero-order valence-corrected chi connectivity index (χ0v) is 31.0. The van der Waals surface area contributed by atoms with E-state index in [9.17, 15) is 8.78 Å². The first kappa shape index (κ1) is 36.0. The van der Waals surface area contributed by atoms with Crippen LogP contribution >= 0.6 is 0 Å². The van der Waals surface area contributed by atoms with Crippen molar-refractivity contribution in [1.29, 1.82) is 0 Å². The molecule has 10 aromatic carbocycles. The van der Waals surface area contributed by atoms with E-state index < -0.39 is 46.0 Å². The van der Waals surface area contributed by atoms with Crippen LogP contribution < -0.4 is 4.90 Å². The molecule has 0 unspecified atom stereocenters. The van der Waals surface area contributed by atoms with Crippen LogP contribution in [0.4, 0.5) is 43.4 Å². The summed E-state index contributed by atoms with van der Waals surface area (Å²) in [6.45, 7) is 0. The summed E-state index contributed by atoms with van der Waals surface area (Å²) < 4.78 is 93.7. The van der Waals surface area contributed by atoms with Gasteiger partial charge in [0.25, 0.3) is 0 Å². The first-order valence-electron chi connectivity index (χ1n) is 18.9. The highest BCUT2D eigenvalue weighted by Crippen LogP contribution is 2.53. The van der Waals surface area contributed by atoms with E-state index in [4.69, 9.17) is 0 Å². The lowest BCUT2D eigenvalue weighted by Gasteiger charge is -2.31. The highest BCUT2D eigenvalue weighted by atomic mass is 19.2. The number of nitrogens with zero attached hydrogens (tertiary/aromatic N) is 1. The normalized spacial score (nSPS) is 11.6. The van der Waals surface area contributed by atoms with Crippen LogP contribution in [-0.2, 0) is 0 Å². The van der Waals surface area contributed by atoms with Crippen molar-refractivity contribution in [3.8, 4) is 33.4 Å². The Morgan fingerprint density at radius 3 is 1.08 bits per heavy atom. The molecule has 284 valence electrons. The number of halogens is 6. The van der Waals surface area contributed by atoms with Gasteiger partial charge in [-0.25, -0.2) is 26.3 Å². The molecule has 10 rings (SSSR count). The molecule has 7 heteroatoms. The highest BCUT2D eigenvalue weighted by molar-refractivity contribution is 6.29. The topological polar surface area (TPSA) is 3.24 Å². The fraction of sp³-hybridized carbons (Fsp3) is 0. The number of hydrogen-bond acceptors (Lipinski definition) is 1. The van der Waals surface area contributed by atoms with Gasteiger partial charge in [0.2, 0.25) is 0 Å². The monoisotopic (exact) mass is 781 g/mol. The van der Waals surface area contributed by atoms with E-state index >= 15 is 17.6 Å². The second-order valence-corrected chi connectivity index (χ2v) is 14.4. The Kier molecular flexibility index (Phi) is 8.68. The summed E-state index contributed by atoms with van der Waals surface area (Å²) >= 11 is 0. The van der Waals surface area contributed by atoms with E-state index in [2.05, 4.69) is 4.90 Å². The minimum absolute atomic E-state index is 0.0656. The molecule has 0 aromatic heterocycles. The molecule has 0 saturated carbocycles. The predicted molar refractivity (Wildman–Crippen MR) is 227 cm³/mol. The van der Waals surface area contributed by atoms with Crippen LogP contribution in [0.3, 0.4) is 0 Å². The highest BCUT2D eigenvalue weighted by Gasteiger charge is 2.28. The molecule has 0 aliphatic carbocycles. The van der Waals surface area contributed by atoms with E-state index in [0.29, 0.717) is 35.0 Å². The maximum absolute atomic E-state index is 16.2. The average molecular weight is 782 g/mol. The zero-order chi connectivity index (χ0) is 40.4. The third-order valence-corrected chi connectivity index (χ3v) is 11.0. The van der Waals surface area contributed by atoms with Crippen molar-refractivity contribution in [2.24, 2.45) is 0 Å². The molecule has 0 amide bonds. The van der Waals surface area contributed by atoms with Gasteiger partial charge in [-0.2, -0.15) is 0 Å². The van der Waals surface area contributed by atoms with Gasteiger partial charge in [-0.1, -0.05) is 115 Å². The first-order chi connectivity index (χ1) is 28.8. The molecule has 0 saturated heterocycles. The van der Waals surface area contributed by atoms with E-state index in [0.717, 1.165) is 39.0 Å². The summed E-state index contributed by atoms with van der Waals surface area (Å²) in [5, 5.41) is 3.98. The first-order valence-corrected chi connectivity index (χ1v) is 18.9. The number of anilines is 3. The Balaban J connectivity index is 1.49. The molecule has 0 heterocycles. The minimum atomic E-state index is -1.15. The molecule has 0 aliphatic rings. The van der Waals surface area contributed by atoms with Gasteiger partial charge >= 0.3 is 0 Å². The number of benzene rings is 10. The maximum Gasteiger partial charge on any atom is 0.136 e. The summed E-state index contributed by atoms with van der Waals surface area (Å²) in [6, 6.07) is 50.0. The molecule has 0 atom stereocenters. The van der Waals surface area contributed by atoms with Crippen molar-refractivity contribution in [2.45, 2.75) is 0 Å². The van der Waals surface area contributed by atoms with Crippen LogP contribution in [-0.4, -0.2) is 0 Å². The summed E-state index contributed by atoms with van der Waals surface area (Å²) in [7, 11) is 0. The van der Waals surface area contributed by atoms with Crippen LogP contribution in [0.15, 0.2) is 176 Å². The van der Waals surface area contributed by atoms with Gasteiger partial charge in [-0.3, -0.25) is 0 Å². The lowest BCUT2D eigenvalue weighted by molar-refractivity contribution is 0.547. The van der Waals surface area contributed by atoms with Crippen molar-refractivity contribution < 1.29 is 26.3 Å². The van der Waals surface area contributed by atoms with E-state index in [1.54, 1.807) is 30.3 Å². The Hall–Kier alpha value is -7.38. The summed E-state index contributed by atoms with van der Waals surface area (Å²) in [6.07, 6.45) is 0. The number of hydrogen-bond donors (Lipinski definition) is 0. The zero-order valence-electron chi connectivity index (χ0n) is 31.0. The molecule has 59 heavy (non-hydrogen) atoms. The third-order valence-electron chi connectivity index (χ3n) is 11.0. The fourth-order valence-corrected chi connectivity index (χ4v) is 8.63. The van der Waals surface area contributed by atoms with Gasteiger partial charge in [0.1, 0.15) is 34.9 Å². The van der Waals surface area contributed by atoms with Crippen LogP contribution in [0.2, 0.25) is 0 Å². The van der Waals surface area contributed by atoms with E-state index in [1.165, 1.54) is 0 Å². The molecule has 0 fully saturated rings. The van der Waals surface area contributed by atoms with Crippen molar-refractivity contribution in [3.05, 3.63) is 211 Å². The largest absolute Gasteiger partial charge is 0.309 e. The quantitative estimate of drug-likeness (QED) is 0.0923. The molecule has 0 radical (unpaired) electrons. The minimum Gasteiger partial charge on any atom is -0.309 e. The molecule has 0 spiro atoms. The Morgan fingerprint density at radius 1 is 0.271 bits per heavy atom. The van der Waals surface area contributed by atoms with Gasteiger partial charge in [0, 0.05) is 57.7 Å². The molecule has 10 aromatic rings. The van der Waals surface area contributed by atoms with Crippen LogP contribution in [0.25, 0.3) is 76.5 Å². The van der Waals surface area contributed by atoms with Gasteiger partial charge in [-0.15, -0.1) is 0 Å². The maximum atomic E-state index is 16.2. The molecule has 0 N–H and O–H groups in total. The molecular weight excluding hydrogens is 753 g/mol. The van der Waals surface area contributed by atoms with Gasteiger partial charge in [0.15, 0.2) is 0 Å². The fourth-order valence-electron chi connectivity index (χ4n) is 8.63. The third kappa shape index (κ3) is 5.88. The Morgan fingerprint density at radius 2 is 0.627 bits per heavy atom. The van der Waals surface area contributed by atoms with Crippen molar-refractivity contribution >= 4 is 60.2 Å². The van der Waals surface area contributed by atoms with Crippen LogP contribution in [0, 0.1) is 34.9 Å². The molecule has 0 bridgehead atoms. The van der Waals surface area contributed by atoms with Crippen LogP contribution in [0.1, 0.15) is 0 Å². The van der Waals surface area contributed by atoms with Gasteiger partial charge in [-0.05, 0) is 79.7 Å². The number of rotatable bonds is 6. The summed E-state index contributed by atoms with van der Waals surface area (Å²) in [5.74, 6) is -6.79. The number of fused-ring (bicyclic) bond motifs is 5. The van der Waals surface area contributed by atoms with Crippen molar-refractivity contribution in [3.63, 3.8) is 0 Å². The van der Waals surface area contributed by atoms with Gasteiger partial charge in [0.05, 0.1) is 16.8 Å². The summed E-state index contributed by atoms with van der Waals surface area (Å²) in [4.78, 5) is 2.17. The predicted octanol–water partition coefficient (Wildman–Crippen LogP) is 15.6. The van der Waals surface area contributed by atoms with Gasteiger partial charge < -0.3 is 4.90 Å². The Bertz CT molecular complexity index is 3190. The molecule has 0 aliphatic heterocycles. The smallest absolute Gasteiger partial charge is 0.136 e. The van der Waals surface area contributed by atoms with E-state index in [-0.39, 0.29) is 32.7 Å². The average Bonchev–Trinajstić information content (AvgIpc) is 3.24. The number of para-hydroxylation sites is 2. The second-order valence-electron chi connectivity index (χ2n) is 14.4. The lowest BCUT2D eigenvalue weighted by atomic mass is 9.82.